The quantitative estimate of drug-likeness (QED) is 0.406. The van der Waals surface area contributed by atoms with Gasteiger partial charge in [0.2, 0.25) is 0 Å². The van der Waals surface area contributed by atoms with Crippen LogP contribution in [-0.4, -0.2) is 17.5 Å². The van der Waals surface area contributed by atoms with E-state index in [9.17, 15) is 4.79 Å². The molecule has 0 fully saturated rings. The summed E-state index contributed by atoms with van der Waals surface area (Å²) in [4.78, 5) is 16.8. The van der Waals surface area contributed by atoms with Gasteiger partial charge >= 0.3 is 0 Å². The minimum absolute atomic E-state index is 0.0427. The zero-order valence-corrected chi connectivity index (χ0v) is 18.9. The molecule has 0 saturated heterocycles. The van der Waals surface area contributed by atoms with E-state index in [2.05, 4.69) is 31.1 Å². The number of aromatic nitrogens is 1. The molecule has 0 saturated carbocycles. The number of rotatable bonds is 6. The third-order valence-electron chi connectivity index (χ3n) is 5.27. The van der Waals surface area contributed by atoms with Crippen LogP contribution in [0.1, 0.15) is 43.4 Å². The van der Waals surface area contributed by atoms with Crippen molar-refractivity contribution in [1.82, 2.24) is 4.98 Å². The molecular weight excluding hydrogens is 400 g/mol. The Morgan fingerprint density at radius 3 is 2.41 bits per heavy atom. The predicted molar refractivity (Wildman–Crippen MR) is 127 cm³/mol. The van der Waals surface area contributed by atoms with Crippen LogP contribution in [0, 0.1) is 6.92 Å². The summed E-state index contributed by atoms with van der Waals surface area (Å²) in [5, 5.41) is 2.86. The number of hydrogen-bond donors (Lipinski definition) is 1. The molecule has 5 nitrogen and oxygen atoms in total. The van der Waals surface area contributed by atoms with Crippen molar-refractivity contribution in [2.75, 3.05) is 11.9 Å². The largest absolute Gasteiger partial charge is 0.484 e. The molecule has 0 radical (unpaired) electrons. The van der Waals surface area contributed by atoms with E-state index in [1.54, 1.807) is 0 Å². The molecule has 3 aromatic carbocycles. The standard InChI is InChI=1S/C27H28N2O3/c1-18-5-14-24-23(15-18)29-26(32-24)16-19-6-10-21(11-7-19)28-25(30)17-31-22-12-8-20(9-13-22)27(2,3)4/h5-15H,16-17H2,1-4H3,(H,28,30). The number of oxazole rings is 1. The molecule has 0 aliphatic carbocycles. The van der Waals surface area contributed by atoms with Crippen LogP contribution in [-0.2, 0) is 16.6 Å². The van der Waals surface area contributed by atoms with Gasteiger partial charge in [0.05, 0.1) is 0 Å². The summed E-state index contributed by atoms with van der Waals surface area (Å²) in [5.74, 6) is 1.15. The van der Waals surface area contributed by atoms with Crippen molar-refractivity contribution in [2.24, 2.45) is 0 Å². The fourth-order valence-corrected chi connectivity index (χ4v) is 3.44. The fraction of sp³-hybridized carbons (Fsp3) is 0.259. The van der Waals surface area contributed by atoms with Gasteiger partial charge in [-0.3, -0.25) is 4.79 Å². The summed E-state index contributed by atoms with van der Waals surface area (Å²) < 4.78 is 11.4. The van der Waals surface area contributed by atoms with Gasteiger partial charge in [0, 0.05) is 12.1 Å². The molecule has 1 amide bonds. The highest BCUT2D eigenvalue weighted by molar-refractivity contribution is 5.91. The van der Waals surface area contributed by atoms with Crippen LogP contribution in [0.3, 0.4) is 0 Å². The highest BCUT2D eigenvalue weighted by Crippen LogP contribution is 2.24. The van der Waals surface area contributed by atoms with Crippen LogP contribution in [0.5, 0.6) is 5.75 Å². The van der Waals surface area contributed by atoms with Gasteiger partial charge in [-0.05, 0) is 65.4 Å². The molecule has 1 N–H and O–H groups in total. The van der Waals surface area contributed by atoms with Gasteiger partial charge in [0.1, 0.15) is 11.3 Å². The lowest BCUT2D eigenvalue weighted by Crippen LogP contribution is -2.20. The Labute approximate surface area is 188 Å². The third-order valence-corrected chi connectivity index (χ3v) is 5.27. The lowest BCUT2D eigenvalue weighted by atomic mass is 9.87. The Balaban J connectivity index is 1.30. The molecule has 0 bridgehead atoms. The first-order chi connectivity index (χ1) is 15.3. The third kappa shape index (κ3) is 5.35. The van der Waals surface area contributed by atoms with Crippen molar-refractivity contribution in [2.45, 2.75) is 39.5 Å². The molecule has 32 heavy (non-hydrogen) atoms. The van der Waals surface area contributed by atoms with E-state index < -0.39 is 0 Å². The molecule has 1 aromatic heterocycles. The average molecular weight is 429 g/mol. The van der Waals surface area contributed by atoms with Crippen molar-refractivity contribution in [3.05, 3.63) is 89.3 Å². The van der Waals surface area contributed by atoms with Crippen LogP contribution in [0.15, 0.2) is 71.1 Å². The van der Waals surface area contributed by atoms with Crippen LogP contribution >= 0.6 is 0 Å². The second kappa shape index (κ2) is 8.87. The number of fused-ring (bicyclic) bond motifs is 1. The first-order valence-corrected chi connectivity index (χ1v) is 10.7. The molecule has 0 spiro atoms. The normalized spacial score (nSPS) is 11.5. The minimum atomic E-state index is -0.202. The Morgan fingerprint density at radius 2 is 1.72 bits per heavy atom. The second-order valence-electron chi connectivity index (χ2n) is 9.06. The first-order valence-electron chi connectivity index (χ1n) is 10.7. The Kier molecular flexibility index (Phi) is 5.99. The zero-order chi connectivity index (χ0) is 22.7. The summed E-state index contributed by atoms with van der Waals surface area (Å²) in [6, 6.07) is 21.5. The van der Waals surface area contributed by atoms with Crippen molar-refractivity contribution in [3.8, 4) is 5.75 Å². The molecule has 164 valence electrons. The van der Waals surface area contributed by atoms with Crippen LogP contribution in [0.25, 0.3) is 11.1 Å². The van der Waals surface area contributed by atoms with Gasteiger partial charge in [0.15, 0.2) is 18.1 Å². The van der Waals surface area contributed by atoms with Gasteiger partial charge in [-0.2, -0.15) is 0 Å². The molecule has 4 aromatic rings. The summed E-state index contributed by atoms with van der Waals surface area (Å²) in [6.07, 6.45) is 0.593. The number of ether oxygens (including phenoxy) is 1. The van der Waals surface area contributed by atoms with E-state index >= 15 is 0 Å². The topological polar surface area (TPSA) is 64.4 Å². The van der Waals surface area contributed by atoms with E-state index in [1.165, 1.54) is 5.56 Å². The molecule has 1 heterocycles. The summed E-state index contributed by atoms with van der Waals surface area (Å²) in [7, 11) is 0. The second-order valence-corrected chi connectivity index (χ2v) is 9.06. The molecule has 4 rings (SSSR count). The Bertz CT molecular complexity index is 1220. The predicted octanol–water partition coefficient (Wildman–Crippen LogP) is 6.04. The maximum Gasteiger partial charge on any atom is 0.262 e. The Morgan fingerprint density at radius 1 is 1.00 bits per heavy atom. The molecule has 5 heteroatoms. The molecule has 0 aliphatic heterocycles. The maximum absolute atomic E-state index is 12.3. The van der Waals surface area contributed by atoms with Gasteiger partial charge in [-0.15, -0.1) is 0 Å². The monoisotopic (exact) mass is 428 g/mol. The van der Waals surface area contributed by atoms with Crippen LogP contribution in [0.2, 0.25) is 0 Å². The SMILES string of the molecule is Cc1ccc2oc(Cc3ccc(NC(=O)COc4ccc(C(C)(C)C)cc4)cc3)nc2c1. The van der Waals surface area contributed by atoms with E-state index in [1.807, 2.05) is 73.7 Å². The number of benzene rings is 3. The van der Waals surface area contributed by atoms with Gasteiger partial charge in [-0.1, -0.05) is 51.1 Å². The number of carbonyl (C=O) groups excluding carboxylic acids is 1. The summed E-state index contributed by atoms with van der Waals surface area (Å²) in [5.41, 5.74) is 5.91. The van der Waals surface area contributed by atoms with Crippen molar-refractivity contribution >= 4 is 22.7 Å². The molecular formula is C27H28N2O3. The molecule has 0 unspecified atom stereocenters. The van der Waals surface area contributed by atoms with E-state index in [0.29, 0.717) is 18.1 Å². The first kappa shape index (κ1) is 21.6. The van der Waals surface area contributed by atoms with Gasteiger partial charge < -0.3 is 14.5 Å². The number of hydrogen-bond acceptors (Lipinski definition) is 4. The van der Waals surface area contributed by atoms with E-state index in [-0.39, 0.29) is 17.9 Å². The number of nitrogens with zero attached hydrogens (tertiary/aromatic N) is 1. The molecule has 0 aliphatic rings. The van der Waals surface area contributed by atoms with Gasteiger partial charge in [0.25, 0.3) is 5.91 Å². The molecule has 0 atom stereocenters. The number of amides is 1. The van der Waals surface area contributed by atoms with Crippen LogP contribution < -0.4 is 10.1 Å². The van der Waals surface area contributed by atoms with Crippen LogP contribution in [0.4, 0.5) is 5.69 Å². The number of aryl methyl sites for hydroxylation is 1. The van der Waals surface area contributed by atoms with E-state index in [4.69, 9.17) is 9.15 Å². The highest BCUT2D eigenvalue weighted by atomic mass is 16.5. The lowest BCUT2D eigenvalue weighted by Gasteiger charge is -2.19. The average Bonchev–Trinajstić information content (AvgIpc) is 3.14. The minimum Gasteiger partial charge on any atom is -0.484 e. The van der Waals surface area contributed by atoms with Crippen molar-refractivity contribution in [3.63, 3.8) is 0 Å². The fourth-order valence-electron chi connectivity index (χ4n) is 3.44. The van der Waals surface area contributed by atoms with Crippen molar-refractivity contribution in [1.29, 1.82) is 0 Å². The highest BCUT2D eigenvalue weighted by Gasteiger charge is 2.13. The number of anilines is 1. The van der Waals surface area contributed by atoms with Gasteiger partial charge in [-0.25, -0.2) is 4.98 Å². The Hall–Kier alpha value is -3.60. The van der Waals surface area contributed by atoms with Crippen molar-refractivity contribution < 1.29 is 13.9 Å². The lowest BCUT2D eigenvalue weighted by molar-refractivity contribution is -0.118. The maximum atomic E-state index is 12.3. The zero-order valence-electron chi connectivity index (χ0n) is 18.9. The number of carbonyl (C=O) groups is 1. The number of nitrogens with one attached hydrogen (secondary N) is 1. The smallest absolute Gasteiger partial charge is 0.262 e. The summed E-state index contributed by atoms with van der Waals surface area (Å²) in [6.45, 7) is 8.48. The van der Waals surface area contributed by atoms with E-state index in [0.717, 1.165) is 27.9 Å². The summed E-state index contributed by atoms with van der Waals surface area (Å²) >= 11 is 0.